The van der Waals surface area contributed by atoms with Crippen molar-refractivity contribution in [2.75, 3.05) is 26.3 Å². The van der Waals surface area contributed by atoms with Crippen molar-refractivity contribution < 1.29 is 4.74 Å². The van der Waals surface area contributed by atoms with E-state index in [1.54, 1.807) is 0 Å². The predicted octanol–water partition coefficient (Wildman–Crippen LogP) is -0.933. The van der Waals surface area contributed by atoms with E-state index in [1.165, 1.54) is 0 Å². The van der Waals surface area contributed by atoms with E-state index in [9.17, 15) is 0 Å². The van der Waals surface area contributed by atoms with E-state index in [-0.39, 0.29) is 0 Å². The maximum atomic E-state index is 5.13. The Morgan fingerprint density at radius 3 is 2.60 bits per heavy atom. The average Bonchev–Trinajstić information content (AvgIpc) is 2.05. The van der Waals surface area contributed by atoms with Crippen LogP contribution in [-0.4, -0.2) is 36.3 Å². The quantitative estimate of drug-likeness (QED) is 0.273. The molecule has 1 saturated heterocycles. The van der Waals surface area contributed by atoms with Crippen molar-refractivity contribution in [1.29, 1.82) is 0 Å². The normalized spacial score (nSPS) is 18.7. The molecule has 5 heteroatoms. The summed E-state index contributed by atoms with van der Waals surface area (Å²) in [6.45, 7) is 3.15. The van der Waals surface area contributed by atoms with Gasteiger partial charge >= 0.3 is 0 Å². The Kier molecular flexibility index (Phi) is 2.85. The minimum Gasteiger partial charge on any atom is -0.378 e. The van der Waals surface area contributed by atoms with E-state index in [2.05, 4.69) is 5.43 Å². The average molecular weight is 161 g/mol. The summed E-state index contributed by atoms with van der Waals surface area (Å²) in [7, 11) is 0. The lowest BCUT2D eigenvalue weighted by molar-refractivity contribution is 0.0677. The van der Waals surface area contributed by atoms with Gasteiger partial charge in [-0.2, -0.15) is 0 Å². The molecule has 1 heterocycles. The third kappa shape index (κ3) is 1.80. The summed E-state index contributed by atoms with van der Waals surface area (Å²) in [5, 5.41) is 0.600. The van der Waals surface area contributed by atoms with Gasteiger partial charge in [-0.05, 0) is 12.2 Å². The lowest BCUT2D eigenvalue weighted by Crippen LogP contribution is -2.48. The minimum absolute atomic E-state index is 0.600. The number of nitrogens with one attached hydrogen (secondary N) is 1. The summed E-state index contributed by atoms with van der Waals surface area (Å²) in [5.41, 5.74) is 2.44. The van der Waals surface area contributed by atoms with Crippen LogP contribution in [0.3, 0.4) is 0 Å². The molecule has 4 nitrogen and oxygen atoms in total. The summed E-state index contributed by atoms with van der Waals surface area (Å²) < 4.78 is 5.12. The lowest BCUT2D eigenvalue weighted by Gasteiger charge is -2.28. The highest BCUT2D eigenvalue weighted by Gasteiger charge is 2.11. The summed E-state index contributed by atoms with van der Waals surface area (Å²) in [6, 6.07) is 0. The number of nitrogens with zero attached hydrogens (tertiary/aromatic N) is 1. The molecule has 1 aliphatic rings. The van der Waals surface area contributed by atoms with Crippen molar-refractivity contribution in [3.05, 3.63) is 0 Å². The zero-order chi connectivity index (χ0) is 7.40. The molecule has 1 fully saturated rings. The van der Waals surface area contributed by atoms with Gasteiger partial charge in [0.15, 0.2) is 5.11 Å². The highest BCUT2D eigenvalue weighted by atomic mass is 32.1. The molecular weight excluding hydrogens is 150 g/mol. The first-order valence-corrected chi connectivity index (χ1v) is 3.58. The second-order valence-electron chi connectivity index (χ2n) is 2.05. The van der Waals surface area contributed by atoms with Gasteiger partial charge in [-0.25, -0.2) is 5.84 Å². The van der Waals surface area contributed by atoms with Gasteiger partial charge in [0.1, 0.15) is 0 Å². The van der Waals surface area contributed by atoms with Gasteiger partial charge in [-0.15, -0.1) is 0 Å². The van der Waals surface area contributed by atoms with Crippen molar-refractivity contribution in [2.24, 2.45) is 5.84 Å². The van der Waals surface area contributed by atoms with Gasteiger partial charge < -0.3 is 15.1 Å². The molecule has 0 aromatic heterocycles. The Morgan fingerprint density at radius 1 is 1.50 bits per heavy atom. The molecule has 1 aliphatic heterocycles. The van der Waals surface area contributed by atoms with E-state index < -0.39 is 0 Å². The fourth-order valence-corrected chi connectivity index (χ4v) is 1.04. The largest absolute Gasteiger partial charge is 0.378 e. The first-order valence-electron chi connectivity index (χ1n) is 3.18. The van der Waals surface area contributed by atoms with Crippen LogP contribution in [0.2, 0.25) is 0 Å². The number of nitrogens with two attached hydrogens (primary N) is 1. The Hall–Kier alpha value is -0.390. The maximum absolute atomic E-state index is 5.13. The molecule has 0 radical (unpaired) electrons. The van der Waals surface area contributed by atoms with Crippen LogP contribution in [0.15, 0.2) is 0 Å². The highest BCUT2D eigenvalue weighted by molar-refractivity contribution is 7.80. The van der Waals surface area contributed by atoms with Crippen LogP contribution in [0, 0.1) is 0 Å². The zero-order valence-electron chi connectivity index (χ0n) is 5.67. The predicted molar refractivity (Wildman–Crippen MR) is 42.3 cm³/mol. The van der Waals surface area contributed by atoms with Crippen molar-refractivity contribution in [3.63, 3.8) is 0 Å². The van der Waals surface area contributed by atoms with E-state index in [0.717, 1.165) is 26.3 Å². The van der Waals surface area contributed by atoms with Crippen molar-refractivity contribution in [3.8, 4) is 0 Å². The molecule has 0 amide bonds. The highest BCUT2D eigenvalue weighted by Crippen LogP contribution is 1.95. The van der Waals surface area contributed by atoms with E-state index in [0.29, 0.717) is 5.11 Å². The van der Waals surface area contributed by atoms with E-state index >= 15 is 0 Å². The van der Waals surface area contributed by atoms with Gasteiger partial charge in [0.25, 0.3) is 0 Å². The molecule has 0 atom stereocenters. The summed E-state index contributed by atoms with van der Waals surface area (Å²) >= 11 is 4.91. The Labute approximate surface area is 65.3 Å². The van der Waals surface area contributed by atoms with Crippen LogP contribution in [-0.2, 0) is 4.74 Å². The van der Waals surface area contributed by atoms with E-state index in [4.69, 9.17) is 22.8 Å². The summed E-state index contributed by atoms with van der Waals surface area (Å²) in [5.74, 6) is 5.13. The number of hydrogen-bond donors (Lipinski definition) is 2. The second kappa shape index (κ2) is 3.70. The van der Waals surface area contributed by atoms with Gasteiger partial charge in [-0.1, -0.05) is 0 Å². The molecule has 0 bridgehead atoms. The number of ether oxygens (including phenoxy) is 1. The molecule has 0 aromatic rings. The molecule has 0 saturated carbocycles. The summed E-state index contributed by atoms with van der Waals surface area (Å²) in [4.78, 5) is 1.98. The van der Waals surface area contributed by atoms with Gasteiger partial charge in [-0.3, -0.25) is 0 Å². The molecule has 58 valence electrons. The number of thiocarbonyl (C=S) groups is 1. The molecule has 0 aliphatic carbocycles. The van der Waals surface area contributed by atoms with Crippen molar-refractivity contribution >= 4 is 17.3 Å². The van der Waals surface area contributed by atoms with Crippen LogP contribution in [0.4, 0.5) is 0 Å². The lowest BCUT2D eigenvalue weighted by atomic mass is 10.5. The van der Waals surface area contributed by atoms with Crippen LogP contribution in [0.25, 0.3) is 0 Å². The Bertz CT molecular complexity index is 124. The number of hydrazine groups is 1. The Morgan fingerprint density at radius 2 is 2.10 bits per heavy atom. The van der Waals surface area contributed by atoms with Crippen molar-refractivity contribution in [1.82, 2.24) is 10.3 Å². The number of rotatable bonds is 0. The minimum atomic E-state index is 0.600. The zero-order valence-corrected chi connectivity index (χ0v) is 6.49. The fourth-order valence-electron chi connectivity index (χ4n) is 0.858. The topological polar surface area (TPSA) is 50.5 Å². The van der Waals surface area contributed by atoms with Gasteiger partial charge in [0.05, 0.1) is 13.2 Å². The smallest absolute Gasteiger partial charge is 0.183 e. The first-order chi connectivity index (χ1) is 4.84. The van der Waals surface area contributed by atoms with Crippen LogP contribution >= 0.6 is 12.2 Å². The maximum Gasteiger partial charge on any atom is 0.183 e. The van der Waals surface area contributed by atoms with Gasteiger partial charge in [0.2, 0.25) is 0 Å². The third-order valence-corrected chi connectivity index (χ3v) is 1.80. The number of morpholine rings is 1. The van der Waals surface area contributed by atoms with Gasteiger partial charge in [0, 0.05) is 13.1 Å². The SMILES string of the molecule is NNC(=S)N1CCOCC1. The second-order valence-corrected chi connectivity index (χ2v) is 2.44. The van der Waals surface area contributed by atoms with Crippen molar-refractivity contribution in [2.45, 2.75) is 0 Å². The molecule has 0 aromatic carbocycles. The fraction of sp³-hybridized carbons (Fsp3) is 0.800. The molecule has 3 N–H and O–H groups in total. The third-order valence-electron chi connectivity index (χ3n) is 1.42. The molecule has 0 spiro atoms. The standard InChI is InChI=1S/C5H11N3OS/c6-7-5(10)8-1-3-9-4-2-8/h1-4,6H2,(H,7,10). The van der Waals surface area contributed by atoms with Crippen LogP contribution in [0.5, 0.6) is 0 Å². The van der Waals surface area contributed by atoms with E-state index in [1.807, 2.05) is 4.90 Å². The van der Waals surface area contributed by atoms with Crippen LogP contribution < -0.4 is 11.3 Å². The first kappa shape index (κ1) is 7.71. The molecule has 0 unspecified atom stereocenters. The molecule has 10 heavy (non-hydrogen) atoms. The van der Waals surface area contributed by atoms with Crippen LogP contribution in [0.1, 0.15) is 0 Å². The summed E-state index contributed by atoms with van der Waals surface area (Å²) in [6.07, 6.45) is 0. The Balaban J connectivity index is 2.31. The monoisotopic (exact) mass is 161 g/mol. The molecular formula is C5H11N3OS. The number of hydrogen-bond acceptors (Lipinski definition) is 3. The molecule has 1 rings (SSSR count).